The predicted octanol–water partition coefficient (Wildman–Crippen LogP) is 4.79. The number of carbonyl (C=O) groups is 1. The van der Waals surface area contributed by atoms with Crippen LogP contribution in [0.1, 0.15) is 20.8 Å². The molecule has 0 fully saturated rings. The van der Waals surface area contributed by atoms with E-state index in [0.29, 0.717) is 21.3 Å². The summed E-state index contributed by atoms with van der Waals surface area (Å²) < 4.78 is 0. The van der Waals surface area contributed by atoms with E-state index in [1.807, 2.05) is 30.5 Å². The fraction of sp³-hybridized carbons (Fsp3) is 0.154. The molecule has 2 rings (SSSR count). The third-order valence-electron chi connectivity index (χ3n) is 2.43. The number of carbonyl (C=O) groups excluding carboxylic acids is 1. The van der Waals surface area contributed by atoms with Gasteiger partial charge in [-0.25, -0.2) is 0 Å². The average molecular weight is 285 g/mol. The maximum absolute atomic E-state index is 12.0. The van der Waals surface area contributed by atoms with Gasteiger partial charge in [-0.3, -0.25) is 4.79 Å². The molecule has 17 heavy (non-hydrogen) atoms. The minimum absolute atomic E-state index is 0.00996. The van der Waals surface area contributed by atoms with E-state index < -0.39 is 0 Å². The topological polar surface area (TPSA) is 17.1 Å². The number of hydrogen-bond acceptors (Lipinski definition) is 2. The second-order valence-electron chi connectivity index (χ2n) is 3.79. The molecule has 0 atom stereocenters. The molecule has 0 aliphatic heterocycles. The number of ketones is 1. The van der Waals surface area contributed by atoms with E-state index in [2.05, 4.69) is 0 Å². The zero-order valence-electron chi connectivity index (χ0n) is 9.17. The molecule has 0 saturated heterocycles. The second kappa shape index (κ2) is 5.21. The smallest absolute Gasteiger partial charge is 0.178 e. The zero-order valence-corrected chi connectivity index (χ0v) is 11.5. The molecule has 1 heterocycles. The molecular weight excluding hydrogens is 275 g/mol. The van der Waals surface area contributed by atoms with Gasteiger partial charge in [-0.05, 0) is 35.6 Å². The van der Waals surface area contributed by atoms with Gasteiger partial charge in [-0.1, -0.05) is 35.3 Å². The first kappa shape index (κ1) is 12.6. The van der Waals surface area contributed by atoms with E-state index in [9.17, 15) is 4.79 Å². The van der Waals surface area contributed by atoms with E-state index in [1.54, 1.807) is 6.07 Å². The number of thiophene rings is 1. The van der Waals surface area contributed by atoms with Gasteiger partial charge in [0, 0.05) is 11.4 Å². The van der Waals surface area contributed by atoms with Crippen LogP contribution < -0.4 is 0 Å². The Hall–Kier alpha value is -0.830. The number of aryl methyl sites for hydroxylation is 1. The molecule has 1 nitrogen and oxygen atoms in total. The summed E-state index contributed by atoms with van der Waals surface area (Å²) in [6, 6.07) is 7.43. The Labute approximate surface area is 114 Å². The summed E-state index contributed by atoms with van der Waals surface area (Å²) in [5, 5.41) is 2.96. The van der Waals surface area contributed by atoms with E-state index in [0.717, 1.165) is 11.1 Å². The fourth-order valence-electron chi connectivity index (χ4n) is 1.54. The maximum atomic E-state index is 12.0. The molecule has 0 unspecified atom stereocenters. The van der Waals surface area contributed by atoms with E-state index in [-0.39, 0.29) is 5.78 Å². The molecule has 0 saturated carbocycles. The Morgan fingerprint density at radius 1 is 1.24 bits per heavy atom. The van der Waals surface area contributed by atoms with Gasteiger partial charge in [0.05, 0.1) is 9.90 Å². The van der Waals surface area contributed by atoms with Crippen LogP contribution in [-0.4, -0.2) is 5.78 Å². The standard InChI is InChI=1S/C13H10Cl2OS/c1-8-2-3-9(11(15)6-8)7-12(16)13-10(14)4-5-17-13/h2-6H,7H2,1H3. The van der Waals surface area contributed by atoms with Crippen molar-refractivity contribution in [1.82, 2.24) is 0 Å². The summed E-state index contributed by atoms with van der Waals surface area (Å²) in [6.45, 7) is 1.97. The largest absolute Gasteiger partial charge is 0.293 e. The third kappa shape index (κ3) is 2.89. The van der Waals surface area contributed by atoms with Crippen LogP contribution >= 0.6 is 34.5 Å². The van der Waals surface area contributed by atoms with Crippen LogP contribution in [0.3, 0.4) is 0 Å². The summed E-state index contributed by atoms with van der Waals surface area (Å²) in [7, 11) is 0. The van der Waals surface area contributed by atoms with E-state index in [1.165, 1.54) is 11.3 Å². The lowest BCUT2D eigenvalue weighted by Crippen LogP contribution is -2.02. The Kier molecular flexibility index (Phi) is 3.87. The Morgan fingerprint density at radius 3 is 2.59 bits per heavy atom. The van der Waals surface area contributed by atoms with Gasteiger partial charge in [0.2, 0.25) is 0 Å². The van der Waals surface area contributed by atoms with Gasteiger partial charge in [0.15, 0.2) is 5.78 Å². The quantitative estimate of drug-likeness (QED) is 0.741. The van der Waals surface area contributed by atoms with Crippen molar-refractivity contribution in [3.8, 4) is 0 Å². The first-order valence-corrected chi connectivity index (χ1v) is 6.72. The predicted molar refractivity (Wildman–Crippen MR) is 73.6 cm³/mol. The van der Waals surface area contributed by atoms with Crippen molar-refractivity contribution in [3.05, 3.63) is 55.7 Å². The number of halogens is 2. The highest BCUT2D eigenvalue weighted by Crippen LogP contribution is 2.25. The van der Waals surface area contributed by atoms with Crippen LogP contribution in [0, 0.1) is 6.92 Å². The molecular formula is C13H10Cl2OS. The van der Waals surface area contributed by atoms with Crippen molar-refractivity contribution >= 4 is 40.3 Å². The minimum Gasteiger partial charge on any atom is -0.293 e. The number of rotatable bonds is 3. The van der Waals surface area contributed by atoms with Crippen LogP contribution in [-0.2, 0) is 6.42 Å². The SMILES string of the molecule is Cc1ccc(CC(=O)c2sccc2Cl)c(Cl)c1. The summed E-state index contributed by atoms with van der Waals surface area (Å²) in [5.74, 6) is 0.00996. The molecule has 0 amide bonds. The average Bonchev–Trinajstić information content (AvgIpc) is 2.68. The molecule has 0 spiro atoms. The normalized spacial score (nSPS) is 10.5. The van der Waals surface area contributed by atoms with Crippen molar-refractivity contribution in [2.24, 2.45) is 0 Å². The van der Waals surface area contributed by atoms with Gasteiger partial charge in [-0.15, -0.1) is 11.3 Å². The molecule has 1 aromatic heterocycles. The molecule has 0 N–H and O–H groups in total. The van der Waals surface area contributed by atoms with Crippen molar-refractivity contribution in [3.63, 3.8) is 0 Å². The summed E-state index contributed by atoms with van der Waals surface area (Å²) in [5.41, 5.74) is 1.92. The van der Waals surface area contributed by atoms with Crippen LogP contribution in [0.15, 0.2) is 29.6 Å². The van der Waals surface area contributed by atoms with Crippen molar-refractivity contribution in [2.45, 2.75) is 13.3 Å². The van der Waals surface area contributed by atoms with Gasteiger partial charge >= 0.3 is 0 Å². The maximum Gasteiger partial charge on any atom is 0.178 e. The van der Waals surface area contributed by atoms with Crippen LogP contribution in [0.5, 0.6) is 0 Å². The minimum atomic E-state index is 0.00996. The fourth-order valence-corrected chi connectivity index (χ4v) is 2.94. The molecule has 1 aromatic carbocycles. The Balaban J connectivity index is 2.22. The number of hydrogen-bond donors (Lipinski definition) is 0. The van der Waals surface area contributed by atoms with Crippen LogP contribution in [0.2, 0.25) is 10.0 Å². The molecule has 0 aliphatic rings. The van der Waals surface area contributed by atoms with E-state index >= 15 is 0 Å². The lowest BCUT2D eigenvalue weighted by molar-refractivity contribution is 0.0997. The van der Waals surface area contributed by atoms with Gasteiger partial charge in [0.1, 0.15) is 0 Å². The molecule has 0 aliphatic carbocycles. The van der Waals surface area contributed by atoms with Crippen LogP contribution in [0.4, 0.5) is 0 Å². The van der Waals surface area contributed by atoms with Gasteiger partial charge in [-0.2, -0.15) is 0 Å². The highest BCUT2D eigenvalue weighted by atomic mass is 35.5. The molecule has 2 aromatic rings. The lowest BCUT2D eigenvalue weighted by atomic mass is 10.1. The lowest BCUT2D eigenvalue weighted by Gasteiger charge is -2.04. The monoisotopic (exact) mass is 284 g/mol. The molecule has 0 radical (unpaired) electrons. The number of benzene rings is 1. The highest BCUT2D eigenvalue weighted by molar-refractivity contribution is 7.12. The van der Waals surface area contributed by atoms with Crippen LogP contribution in [0.25, 0.3) is 0 Å². The number of Topliss-reactive ketones (excluding diaryl/α,β-unsaturated/α-hetero) is 1. The third-order valence-corrected chi connectivity index (χ3v) is 4.16. The van der Waals surface area contributed by atoms with Crippen molar-refractivity contribution in [1.29, 1.82) is 0 Å². The van der Waals surface area contributed by atoms with Crippen molar-refractivity contribution < 1.29 is 4.79 Å². The second-order valence-corrected chi connectivity index (χ2v) is 5.52. The van der Waals surface area contributed by atoms with Gasteiger partial charge < -0.3 is 0 Å². The Bertz CT molecular complexity index is 560. The molecule has 4 heteroatoms. The first-order chi connectivity index (χ1) is 8.08. The van der Waals surface area contributed by atoms with Crippen molar-refractivity contribution in [2.75, 3.05) is 0 Å². The zero-order chi connectivity index (χ0) is 12.4. The van der Waals surface area contributed by atoms with E-state index in [4.69, 9.17) is 23.2 Å². The summed E-state index contributed by atoms with van der Waals surface area (Å²) in [6.07, 6.45) is 0.291. The summed E-state index contributed by atoms with van der Waals surface area (Å²) >= 11 is 13.4. The Morgan fingerprint density at radius 2 is 2.00 bits per heavy atom. The van der Waals surface area contributed by atoms with Gasteiger partial charge in [0.25, 0.3) is 0 Å². The molecule has 88 valence electrons. The summed E-state index contributed by atoms with van der Waals surface area (Å²) in [4.78, 5) is 12.6. The first-order valence-electron chi connectivity index (χ1n) is 5.09. The molecule has 0 bridgehead atoms. The highest BCUT2D eigenvalue weighted by Gasteiger charge is 2.14.